The lowest BCUT2D eigenvalue weighted by Gasteiger charge is -2.38. The normalized spacial score (nSPS) is 15.6. The molecule has 31 heavy (non-hydrogen) atoms. The average Bonchev–Trinajstić information content (AvgIpc) is 2.79. The molecule has 3 heterocycles. The van der Waals surface area contributed by atoms with Gasteiger partial charge in [0.2, 0.25) is 0 Å². The SMILES string of the molecule is C=C(O)c1ccc(C2(O)CCN(c3nnc(Cc4ccccc4)c(C)c3C)CC2)nc1. The molecule has 0 aliphatic carbocycles. The summed E-state index contributed by atoms with van der Waals surface area (Å²) < 4.78 is 0. The molecule has 0 atom stereocenters. The third kappa shape index (κ3) is 4.30. The van der Waals surface area contributed by atoms with Crippen LogP contribution in [-0.4, -0.2) is 38.5 Å². The van der Waals surface area contributed by atoms with Gasteiger partial charge in [-0.3, -0.25) is 4.98 Å². The highest BCUT2D eigenvalue weighted by atomic mass is 16.3. The van der Waals surface area contributed by atoms with Gasteiger partial charge in [-0.25, -0.2) is 0 Å². The first-order chi connectivity index (χ1) is 14.9. The van der Waals surface area contributed by atoms with Crippen molar-refractivity contribution in [2.75, 3.05) is 18.0 Å². The molecule has 0 unspecified atom stereocenters. The van der Waals surface area contributed by atoms with Crippen molar-refractivity contribution >= 4 is 11.6 Å². The molecule has 1 fully saturated rings. The summed E-state index contributed by atoms with van der Waals surface area (Å²) in [6, 6.07) is 13.8. The van der Waals surface area contributed by atoms with E-state index in [9.17, 15) is 10.2 Å². The zero-order valence-electron chi connectivity index (χ0n) is 18.0. The molecule has 6 heteroatoms. The standard InChI is InChI=1S/C25H28N4O2/c1-17-18(2)24(28-27-22(17)15-20-7-5-4-6-8-20)29-13-11-25(31,12-14-29)23-10-9-21(16-26-23)19(3)30/h4-10,16,30-31H,3,11-15H2,1-2H3. The van der Waals surface area contributed by atoms with E-state index in [2.05, 4.69) is 52.6 Å². The number of hydrogen-bond acceptors (Lipinski definition) is 6. The zero-order chi connectivity index (χ0) is 22.0. The number of aromatic nitrogens is 3. The van der Waals surface area contributed by atoms with Gasteiger partial charge in [-0.05, 0) is 55.5 Å². The van der Waals surface area contributed by atoms with E-state index in [4.69, 9.17) is 0 Å². The highest BCUT2D eigenvalue weighted by Crippen LogP contribution is 2.34. The fraction of sp³-hybridized carbons (Fsp3) is 0.320. The molecule has 0 radical (unpaired) electrons. The molecule has 1 aromatic carbocycles. The fourth-order valence-corrected chi connectivity index (χ4v) is 4.08. The van der Waals surface area contributed by atoms with Crippen LogP contribution in [0.2, 0.25) is 0 Å². The van der Waals surface area contributed by atoms with Crippen molar-refractivity contribution in [1.29, 1.82) is 0 Å². The van der Waals surface area contributed by atoms with Crippen molar-refractivity contribution in [3.05, 3.63) is 88.9 Å². The quantitative estimate of drug-likeness (QED) is 0.610. The first-order valence-corrected chi connectivity index (χ1v) is 10.6. The maximum Gasteiger partial charge on any atom is 0.154 e. The first-order valence-electron chi connectivity index (χ1n) is 10.6. The zero-order valence-corrected chi connectivity index (χ0v) is 18.0. The van der Waals surface area contributed by atoms with E-state index < -0.39 is 5.60 Å². The number of rotatable bonds is 5. The summed E-state index contributed by atoms with van der Waals surface area (Å²) in [5.41, 5.74) is 4.70. The lowest BCUT2D eigenvalue weighted by molar-refractivity contribution is 0.00743. The molecule has 0 spiro atoms. The van der Waals surface area contributed by atoms with Crippen LogP contribution >= 0.6 is 0 Å². The van der Waals surface area contributed by atoms with Gasteiger partial charge in [0.25, 0.3) is 0 Å². The molecule has 2 N–H and O–H groups in total. The summed E-state index contributed by atoms with van der Waals surface area (Å²) in [5, 5.41) is 29.7. The highest BCUT2D eigenvalue weighted by molar-refractivity contribution is 5.55. The van der Waals surface area contributed by atoms with Crippen molar-refractivity contribution in [3.8, 4) is 0 Å². The lowest BCUT2D eigenvalue weighted by Crippen LogP contribution is -2.43. The van der Waals surface area contributed by atoms with Gasteiger partial charge in [-0.15, -0.1) is 5.10 Å². The second kappa shape index (κ2) is 8.47. The largest absolute Gasteiger partial charge is 0.508 e. The lowest BCUT2D eigenvalue weighted by atomic mass is 9.87. The molecule has 160 valence electrons. The number of benzene rings is 1. The number of aliphatic hydroxyl groups is 2. The predicted octanol–water partition coefficient (Wildman–Crippen LogP) is 4.10. The predicted molar refractivity (Wildman–Crippen MR) is 122 cm³/mol. The molecule has 1 saturated heterocycles. The van der Waals surface area contributed by atoms with Gasteiger partial charge in [0.1, 0.15) is 11.4 Å². The Kier molecular flexibility index (Phi) is 5.74. The Hall–Kier alpha value is -3.25. The van der Waals surface area contributed by atoms with Crippen molar-refractivity contribution in [2.45, 2.75) is 38.7 Å². The molecule has 2 aromatic heterocycles. The Bertz CT molecular complexity index is 1070. The molecule has 1 aliphatic rings. The summed E-state index contributed by atoms with van der Waals surface area (Å²) in [5.74, 6) is 0.859. The Labute approximate surface area is 182 Å². The topological polar surface area (TPSA) is 82.4 Å². The second-order valence-corrected chi connectivity index (χ2v) is 8.28. The molecular formula is C25H28N4O2. The molecule has 0 bridgehead atoms. The maximum absolute atomic E-state index is 11.2. The van der Waals surface area contributed by atoms with Crippen LogP contribution in [0.4, 0.5) is 5.82 Å². The van der Waals surface area contributed by atoms with Crippen molar-refractivity contribution in [2.24, 2.45) is 0 Å². The van der Waals surface area contributed by atoms with Crippen molar-refractivity contribution in [1.82, 2.24) is 15.2 Å². The molecule has 0 amide bonds. The van der Waals surface area contributed by atoms with E-state index in [-0.39, 0.29) is 5.76 Å². The van der Waals surface area contributed by atoms with E-state index in [0.29, 0.717) is 37.2 Å². The van der Waals surface area contributed by atoms with E-state index >= 15 is 0 Å². The van der Waals surface area contributed by atoms with Gasteiger partial charge in [0, 0.05) is 31.3 Å². The van der Waals surface area contributed by atoms with E-state index in [1.807, 2.05) is 18.2 Å². The van der Waals surface area contributed by atoms with Gasteiger partial charge in [0.15, 0.2) is 5.82 Å². The van der Waals surface area contributed by atoms with Gasteiger partial charge in [-0.2, -0.15) is 5.10 Å². The minimum Gasteiger partial charge on any atom is -0.508 e. The van der Waals surface area contributed by atoms with E-state index in [1.165, 1.54) is 5.56 Å². The Morgan fingerprint density at radius 1 is 1.03 bits per heavy atom. The van der Waals surface area contributed by atoms with Crippen LogP contribution in [0.5, 0.6) is 0 Å². The summed E-state index contributed by atoms with van der Waals surface area (Å²) in [7, 11) is 0. The van der Waals surface area contributed by atoms with E-state index in [0.717, 1.165) is 29.1 Å². The second-order valence-electron chi connectivity index (χ2n) is 8.28. The summed E-state index contributed by atoms with van der Waals surface area (Å²) in [6.07, 6.45) is 3.41. The van der Waals surface area contributed by atoms with Crippen LogP contribution < -0.4 is 4.90 Å². The highest BCUT2D eigenvalue weighted by Gasteiger charge is 2.36. The molecule has 3 aromatic rings. The number of pyridine rings is 1. The van der Waals surface area contributed by atoms with Crippen molar-refractivity contribution in [3.63, 3.8) is 0 Å². The number of nitrogens with zero attached hydrogens (tertiary/aromatic N) is 4. The van der Waals surface area contributed by atoms with Crippen LogP contribution in [0.3, 0.4) is 0 Å². The summed E-state index contributed by atoms with van der Waals surface area (Å²) >= 11 is 0. The van der Waals surface area contributed by atoms with Gasteiger partial charge in [0.05, 0.1) is 11.4 Å². The molecule has 0 saturated carbocycles. The minimum atomic E-state index is -0.991. The number of piperidine rings is 1. The maximum atomic E-state index is 11.2. The molecule has 4 rings (SSSR count). The molecular weight excluding hydrogens is 388 g/mol. The van der Waals surface area contributed by atoms with Crippen molar-refractivity contribution < 1.29 is 10.2 Å². The Morgan fingerprint density at radius 3 is 2.35 bits per heavy atom. The van der Waals surface area contributed by atoms with Gasteiger partial charge >= 0.3 is 0 Å². The number of hydrogen-bond donors (Lipinski definition) is 2. The van der Waals surface area contributed by atoms with Crippen LogP contribution in [-0.2, 0) is 12.0 Å². The Balaban J connectivity index is 1.48. The average molecular weight is 417 g/mol. The molecule has 1 aliphatic heterocycles. The third-order valence-electron chi connectivity index (χ3n) is 6.27. The number of anilines is 1. The van der Waals surface area contributed by atoms with Gasteiger partial charge < -0.3 is 15.1 Å². The fourth-order valence-electron chi connectivity index (χ4n) is 4.08. The van der Waals surface area contributed by atoms with Crippen LogP contribution in [0.1, 0.15) is 46.5 Å². The first kappa shape index (κ1) is 21.0. The van der Waals surface area contributed by atoms with Crippen LogP contribution in [0.15, 0.2) is 55.2 Å². The third-order valence-corrected chi connectivity index (χ3v) is 6.27. The monoisotopic (exact) mass is 416 g/mol. The summed E-state index contributed by atoms with van der Waals surface area (Å²) in [6.45, 7) is 9.04. The smallest absolute Gasteiger partial charge is 0.154 e. The van der Waals surface area contributed by atoms with Crippen LogP contribution in [0.25, 0.3) is 5.76 Å². The number of aliphatic hydroxyl groups excluding tert-OH is 1. The van der Waals surface area contributed by atoms with Crippen LogP contribution in [0, 0.1) is 13.8 Å². The minimum absolute atomic E-state index is 0.0269. The van der Waals surface area contributed by atoms with Gasteiger partial charge in [-0.1, -0.05) is 36.9 Å². The summed E-state index contributed by atoms with van der Waals surface area (Å²) in [4.78, 5) is 6.55. The molecule has 6 nitrogen and oxygen atoms in total. The Morgan fingerprint density at radius 2 is 1.74 bits per heavy atom. The van der Waals surface area contributed by atoms with E-state index in [1.54, 1.807) is 18.3 Å².